The van der Waals surface area contributed by atoms with Crippen molar-refractivity contribution in [3.05, 3.63) is 33.8 Å². The topological polar surface area (TPSA) is 66.4 Å². The van der Waals surface area contributed by atoms with Crippen LogP contribution in [-0.4, -0.2) is 23.0 Å². The van der Waals surface area contributed by atoms with E-state index >= 15 is 0 Å². The normalized spacial score (nSPS) is 11.9. The summed E-state index contributed by atoms with van der Waals surface area (Å²) in [7, 11) is 0. The van der Waals surface area contributed by atoms with Crippen LogP contribution in [0.3, 0.4) is 0 Å². The van der Waals surface area contributed by atoms with Crippen LogP contribution in [0, 0.1) is 0 Å². The Balaban J connectivity index is 2.41. The van der Waals surface area contributed by atoms with Crippen molar-refractivity contribution in [1.82, 2.24) is 5.32 Å². The summed E-state index contributed by atoms with van der Waals surface area (Å²) in [6.45, 7) is 1.85. The van der Waals surface area contributed by atoms with Gasteiger partial charge in [0.15, 0.2) is 0 Å². The highest BCUT2D eigenvalue weighted by Gasteiger charge is 2.11. The van der Waals surface area contributed by atoms with Gasteiger partial charge in [-0.05, 0) is 37.5 Å². The van der Waals surface area contributed by atoms with Crippen LogP contribution in [0.1, 0.15) is 31.7 Å². The number of hydrogen-bond acceptors (Lipinski definition) is 2. The van der Waals surface area contributed by atoms with Crippen molar-refractivity contribution in [1.29, 1.82) is 0 Å². The third-order valence-corrected chi connectivity index (χ3v) is 3.39. The number of halogens is 2. The molecule has 1 unspecified atom stereocenters. The number of rotatable bonds is 7. The van der Waals surface area contributed by atoms with Crippen LogP contribution in [0.5, 0.6) is 0 Å². The van der Waals surface area contributed by atoms with Gasteiger partial charge in [0.05, 0.1) is 6.42 Å². The highest BCUT2D eigenvalue weighted by Crippen LogP contribution is 2.21. The Morgan fingerprint density at radius 2 is 2.05 bits per heavy atom. The average Bonchev–Trinajstić information content (AvgIpc) is 2.32. The number of hydrogen-bond donors (Lipinski definition) is 2. The summed E-state index contributed by atoms with van der Waals surface area (Å²) in [6.07, 6.45) is 1.47. The summed E-state index contributed by atoms with van der Waals surface area (Å²) in [5.74, 6) is -0.964. The fraction of sp³-hybridized carbons (Fsp3) is 0.429. The minimum atomic E-state index is -0.823. The summed E-state index contributed by atoms with van der Waals surface area (Å²) in [5.41, 5.74) is 0.714. The molecular weight excluding hydrogens is 301 g/mol. The molecule has 0 fully saturated rings. The first-order valence-corrected chi connectivity index (χ1v) is 7.09. The second kappa shape index (κ2) is 8.12. The molecule has 1 aromatic carbocycles. The Morgan fingerprint density at radius 3 is 2.65 bits per heavy atom. The van der Waals surface area contributed by atoms with Gasteiger partial charge in [-0.1, -0.05) is 29.3 Å². The molecule has 110 valence electrons. The Labute approximate surface area is 128 Å². The minimum Gasteiger partial charge on any atom is -0.481 e. The monoisotopic (exact) mass is 317 g/mol. The zero-order valence-corrected chi connectivity index (χ0v) is 12.7. The Hall–Kier alpha value is -1.26. The minimum absolute atomic E-state index is 0.0621. The van der Waals surface area contributed by atoms with E-state index in [1.807, 2.05) is 6.92 Å². The van der Waals surface area contributed by atoms with Crippen LogP contribution in [-0.2, 0) is 16.0 Å². The van der Waals surface area contributed by atoms with E-state index < -0.39 is 5.97 Å². The number of carbonyl (C=O) groups is 2. The lowest BCUT2D eigenvalue weighted by Gasteiger charge is -2.13. The number of carboxylic acids is 1. The van der Waals surface area contributed by atoms with Gasteiger partial charge >= 0.3 is 5.97 Å². The Morgan fingerprint density at radius 1 is 1.35 bits per heavy atom. The van der Waals surface area contributed by atoms with Crippen molar-refractivity contribution in [3.8, 4) is 0 Å². The van der Waals surface area contributed by atoms with E-state index in [-0.39, 0.29) is 24.8 Å². The van der Waals surface area contributed by atoms with Crippen molar-refractivity contribution in [3.63, 3.8) is 0 Å². The molecule has 0 spiro atoms. The van der Waals surface area contributed by atoms with Crippen molar-refractivity contribution >= 4 is 35.1 Å². The Kier molecular flexibility index (Phi) is 6.82. The van der Waals surface area contributed by atoms with E-state index in [0.29, 0.717) is 28.5 Å². The maximum atomic E-state index is 11.8. The number of carboxylic acid groups (broad SMARTS) is 1. The molecule has 1 aromatic rings. The van der Waals surface area contributed by atoms with E-state index in [9.17, 15) is 9.59 Å². The molecule has 0 bridgehead atoms. The lowest BCUT2D eigenvalue weighted by molar-refractivity contribution is -0.137. The summed E-state index contributed by atoms with van der Waals surface area (Å²) in [5, 5.41) is 12.4. The van der Waals surface area contributed by atoms with Crippen LogP contribution >= 0.6 is 23.2 Å². The number of amides is 1. The number of aliphatic carboxylic acids is 1. The van der Waals surface area contributed by atoms with Gasteiger partial charge in [-0.2, -0.15) is 0 Å². The van der Waals surface area contributed by atoms with E-state index in [2.05, 4.69) is 5.32 Å². The van der Waals surface area contributed by atoms with Crippen LogP contribution in [0.25, 0.3) is 0 Å². The molecule has 0 radical (unpaired) electrons. The molecule has 20 heavy (non-hydrogen) atoms. The summed E-state index contributed by atoms with van der Waals surface area (Å²) in [4.78, 5) is 22.2. The van der Waals surface area contributed by atoms with Gasteiger partial charge < -0.3 is 10.4 Å². The first-order chi connectivity index (χ1) is 9.38. The standard InChI is InChI=1S/C14H17Cl2NO3/c1-9(3-2-4-14(19)20)17-13(18)7-10-5-6-11(15)8-12(10)16/h5-6,8-9H,2-4,7H2,1H3,(H,17,18)(H,19,20). The predicted octanol–water partition coefficient (Wildman–Crippen LogP) is 3.30. The fourth-order valence-corrected chi connectivity index (χ4v) is 2.27. The molecular formula is C14H17Cl2NO3. The molecule has 1 rings (SSSR count). The van der Waals surface area contributed by atoms with E-state index in [1.165, 1.54) is 0 Å². The van der Waals surface area contributed by atoms with Gasteiger partial charge in [-0.25, -0.2) is 0 Å². The smallest absolute Gasteiger partial charge is 0.303 e. The largest absolute Gasteiger partial charge is 0.481 e. The average molecular weight is 318 g/mol. The second-order valence-electron chi connectivity index (χ2n) is 4.67. The van der Waals surface area contributed by atoms with Gasteiger partial charge in [0, 0.05) is 22.5 Å². The highest BCUT2D eigenvalue weighted by atomic mass is 35.5. The maximum absolute atomic E-state index is 11.8. The molecule has 1 amide bonds. The van der Waals surface area contributed by atoms with Gasteiger partial charge in [0.25, 0.3) is 0 Å². The van der Waals surface area contributed by atoms with E-state index in [4.69, 9.17) is 28.3 Å². The maximum Gasteiger partial charge on any atom is 0.303 e. The van der Waals surface area contributed by atoms with Crippen LogP contribution in [0.15, 0.2) is 18.2 Å². The predicted molar refractivity (Wildman–Crippen MR) is 79.3 cm³/mol. The number of nitrogens with one attached hydrogen (secondary N) is 1. The summed E-state index contributed by atoms with van der Waals surface area (Å²) in [6, 6.07) is 4.95. The van der Waals surface area contributed by atoms with Gasteiger partial charge in [0.1, 0.15) is 0 Å². The number of carbonyl (C=O) groups excluding carboxylic acids is 1. The molecule has 0 saturated carbocycles. The lowest BCUT2D eigenvalue weighted by Crippen LogP contribution is -2.33. The lowest BCUT2D eigenvalue weighted by atomic mass is 10.1. The van der Waals surface area contributed by atoms with Crippen LogP contribution in [0.4, 0.5) is 0 Å². The van der Waals surface area contributed by atoms with Crippen molar-refractivity contribution < 1.29 is 14.7 Å². The molecule has 4 nitrogen and oxygen atoms in total. The Bertz CT molecular complexity index is 491. The number of benzene rings is 1. The highest BCUT2D eigenvalue weighted by molar-refractivity contribution is 6.35. The molecule has 0 heterocycles. The van der Waals surface area contributed by atoms with Crippen molar-refractivity contribution in [2.75, 3.05) is 0 Å². The van der Waals surface area contributed by atoms with Gasteiger partial charge in [0.2, 0.25) is 5.91 Å². The van der Waals surface area contributed by atoms with Crippen LogP contribution in [0.2, 0.25) is 10.0 Å². The first kappa shape index (κ1) is 16.8. The quantitative estimate of drug-likeness (QED) is 0.810. The van der Waals surface area contributed by atoms with Crippen LogP contribution < -0.4 is 5.32 Å². The SMILES string of the molecule is CC(CCCC(=O)O)NC(=O)Cc1ccc(Cl)cc1Cl. The molecule has 1 atom stereocenters. The molecule has 6 heteroatoms. The summed E-state index contributed by atoms with van der Waals surface area (Å²) >= 11 is 11.8. The molecule has 0 aliphatic rings. The first-order valence-electron chi connectivity index (χ1n) is 6.33. The fourth-order valence-electron chi connectivity index (χ4n) is 1.80. The molecule has 0 aliphatic heterocycles. The van der Waals surface area contributed by atoms with Gasteiger partial charge in [-0.15, -0.1) is 0 Å². The summed E-state index contributed by atoms with van der Waals surface area (Å²) < 4.78 is 0. The van der Waals surface area contributed by atoms with Crippen molar-refractivity contribution in [2.45, 2.75) is 38.6 Å². The van der Waals surface area contributed by atoms with E-state index in [1.54, 1.807) is 18.2 Å². The molecule has 0 saturated heterocycles. The van der Waals surface area contributed by atoms with Crippen molar-refractivity contribution in [2.24, 2.45) is 0 Å². The molecule has 2 N–H and O–H groups in total. The third kappa shape index (κ3) is 6.26. The zero-order valence-electron chi connectivity index (χ0n) is 11.2. The van der Waals surface area contributed by atoms with Gasteiger partial charge in [-0.3, -0.25) is 9.59 Å². The zero-order chi connectivity index (χ0) is 15.1. The second-order valence-corrected chi connectivity index (χ2v) is 5.51. The third-order valence-electron chi connectivity index (χ3n) is 2.80. The molecule has 0 aromatic heterocycles. The molecule has 0 aliphatic carbocycles. The van der Waals surface area contributed by atoms with E-state index in [0.717, 1.165) is 0 Å².